The van der Waals surface area contributed by atoms with E-state index in [2.05, 4.69) is 0 Å². The van der Waals surface area contributed by atoms with Crippen LogP contribution in [0.2, 0.25) is 0 Å². The number of hydrogen-bond donors (Lipinski definition) is 2. The third-order valence-electron chi connectivity index (χ3n) is 2.14. The molecule has 0 heterocycles. The molecule has 1 rings (SSSR count). The van der Waals surface area contributed by atoms with Crippen LogP contribution in [0.15, 0.2) is 30.3 Å². The second-order valence-electron chi connectivity index (χ2n) is 3.41. The van der Waals surface area contributed by atoms with Crippen molar-refractivity contribution in [2.75, 3.05) is 0 Å². The molecule has 3 nitrogen and oxygen atoms in total. The first kappa shape index (κ1) is 10.9. The molecule has 0 amide bonds. The second-order valence-corrected chi connectivity index (χ2v) is 3.41. The highest BCUT2D eigenvalue weighted by Crippen LogP contribution is 2.04. The van der Waals surface area contributed by atoms with E-state index in [0.29, 0.717) is 6.42 Å². The van der Waals surface area contributed by atoms with Crippen molar-refractivity contribution in [3.8, 4) is 0 Å². The van der Waals surface area contributed by atoms with Crippen molar-refractivity contribution in [1.29, 1.82) is 0 Å². The molecule has 0 radical (unpaired) electrons. The van der Waals surface area contributed by atoms with Crippen molar-refractivity contribution < 1.29 is 9.90 Å². The van der Waals surface area contributed by atoms with E-state index in [1.54, 1.807) is 0 Å². The summed E-state index contributed by atoms with van der Waals surface area (Å²) >= 11 is 0. The number of hydrogen-bond acceptors (Lipinski definition) is 3. The Bertz CT molecular complexity index is 297. The third-order valence-corrected chi connectivity index (χ3v) is 2.14. The Morgan fingerprint density at radius 1 is 1.43 bits per heavy atom. The van der Waals surface area contributed by atoms with Gasteiger partial charge >= 0.3 is 0 Å². The van der Waals surface area contributed by atoms with Crippen LogP contribution in [0, 0.1) is 0 Å². The van der Waals surface area contributed by atoms with Gasteiger partial charge in [-0.25, -0.2) is 0 Å². The zero-order chi connectivity index (χ0) is 10.6. The average molecular weight is 193 g/mol. The first-order valence-electron chi connectivity index (χ1n) is 4.59. The lowest BCUT2D eigenvalue weighted by Crippen LogP contribution is -2.40. The summed E-state index contributed by atoms with van der Waals surface area (Å²) in [6, 6.07) is 9.05. The molecule has 0 fully saturated rings. The number of benzene rings is 1. The van der Waals surface area contributed by atoms with Crippen molar-refractivity contribution >= 4 is 5.78 Å². The molecule has 0 aliphatic carbocycles. The van der Waals surface area contributed by atoms with Gasteiger partial charge in [0.05, 0.1) is 0 Å². The molecule has 1 aromatic rings. The Labute approximate surface area is 83.6 Å². The van der Waals surface area contributed by atoms with E-state index in [4.69, 9.17) is 5.73 Å². The molecule has 0 aliphatic rings. The molecule has 0 saturated carbocycles. The van der Waals surface area contributed by atoms with Gasteiger partial charge in [0.1, 0.15) is 6.10 Å². The highest BCUT2D eigenvalue weighted by Gasteiger charge is 2.18. The molecule has 0 aliphatic heterocycles. The second kappa shape index (κ2) is 4.88. The van der Waals surface area contributed by atoms with Crippen LogP contribution < -0.4 is 5.73 Å². The van der Waals surface area contributed by atoms with Gasteiger partial charge in [0.15, 0.2) is 5.78 Å². The summed E-state index contributed by atoms with van der Waals surface area (Å²) in [5, 5.41) is 9.38. The summed E-state index contributed by atoms with van der Waals surface area (Å²) in [6.07, 6.45) is -0.545. The molecule has 0 bridgehead atoms. The number of aliphatic hydroxyl groups excluding tert-OH is 1. The summed E-state index contributed by atoms with van der Waals surface area (Å²) in [6.45, 7) is 1.34. The van der Waals surface area contributed by atoms with Crippen molar-refractivity contribution in [1.82, 2.24) is 0 Å². The van der Waals surface area contributed by atoms with Crippen molar-refractivity contribution in [3.05, 3.63) is 35.9 Å². The van der Waals surface area contributed by atoms with E-state index in [1.807, 2.05) is 30.3 Å². The zero-order valence-corrected chi connectivity index (χ0v) is 8.18. The number of carbonyl (C=O) groups excluding carboxylic acids is 1. The van der Waals surface area contributed by atoms with Gasteiger partial charge in [-0.3, -0.25) is 4.79 Å². The zero-order valence-electron chi connectivity index (χ0n) is 8.18. The molecule has 0 spiro atoms. The first-order chi connectivity index (χ1) is 6.61. The van der Waals surface area contributed by atoms with Gasteiger partial charge < -0.3 is 10.8 Å². The van der Waals surface area contributed by atoms with Gasteiger partial charge in [-0.05, 0) is 18.9 Å². The molecule has 1 aromatic carbocycles. The number of nitrogens with two attached hydrogens (primary N) is 1. The number of ketones is 1. The average Bonchev–Trinajstić information content (AvgIpc) is 2.18. The quantitative estimate of drug-likeness (QED) is 0.732. The maximum atomic E-state index is 10.8. The predicted molar refractivity (Wildman–Crippen MR) is 54.8 cm³/mol. The van der Waals surface area contributed by atoms with Gasteiger partial charge in [-0.1, -0.05) is 30.3 Å². The number of aliphatic hydroxyl groups is 1. The summed E-state index contributed by atoms with van der Waals surface area (Å²) in [7, 11) is 0. The minimum atomic E-state index is -1.06. The first-order valence-corrected chi connectivity index (χ1v) is 4.59. The van der Waals surface area contributed by atoms with Crippen molar-refractivity contribution in [2.24, 2.45) is 5.73 Å². The molecular weight excluding hydrogens is 178 g/mol. The van der Waals surface area contributed by atoms with Crippen LogP contribution in [0.1, 0.15) is 12.5 Å². The van der Waals surface area contributed by atoms with E-state index < -0.39 is 12.1 Å². The number of carbonyl (C=O) groups is 1. The van der Waals surface area contributed by atoms with Gasteiger partial charge in [0.2, 0.25) is 0 Å². The minimum Gasteiger partial charge on any atom is -0.384 e. The highest BCUT2D eigenvalue weighted by atomic mass is 16.3. The van der Waals surface area contributed by atoms with E-state index >= 15 is 0 Å². The molecule has 3 N–H and O–H groups in total. The topological polar surface area (TPSA) is 63.3 Å². The van der Waals surface area contributed by atoms with Gasteiger partial charge in [0, 0.05) is 6.04 Å². The Morgan fingerprint density at radius 3 is 2.50 bits per heavy atom. The Hall–Kier alpha value is -1.19. The highest BCUT2D eigenvalue weighted by molar-refractivity contribution is 5.80. The van der Waals surface area contributed by atoms with Crippen molar-refractivity contribution in [2.45, 2.75) is 25.5 Å². The molecule has 0 aromatic heterocycles. The van der Waals surface area contributed by atoms with E-state index in [0.717, 1.165) is 5.56 Å². The van der Waals surface area contributed by atoms with E-state index in [-0.39, 0.29) is 5.78 Å². The van der Waals surface area contributed by atoms with Crippen LogP contribution in [0.25, 0.3) is 0 Å². The van der Waals surface area contributed by atoms with Gasteiger partial charge in [-0.2, -0.15) is 0 Å². The molecule has 0 saturated heterocycles. The molecule has 76 valence electrons. The minimum absolute atomic E-state index is 0.284. The summed E-state index contributed by atoms with van der Waals surface area (Å²) in [5.41, 5.74) is 6.71. The van der Waals surface area contributed by atoms with Gasteiger partial charge in [0.25, 0.3) is 0 Å². The monoisotopic (exact) mass is 193 g/mol. The lowest BCUT2D eigenvalue weighted by Gasteiger charge is -2.15. The maximum absolute atomic E-state index is 10.8. The number of Topliss-reactive ketones (excluding diaryl/α,β-unsaturated/α-hetero) is 1. The molecule has 2 atom stereocenters. The SMILES string of the molecule is CC(=O)C(O)[C@@H](N)Cc1ccccc1. The Morgan fingerprint density at radius 2 is 2.00 bits per heavy atom. The van der Waals surface area contributed by atoms with Crippen LogP contribution in [0.4, 0.5) is 0 Å². The van der Waals surface area contributed by atoms with Crippen LogP contribution >= 0.6 is 0 Å². The fourth-order valence-electron chi connectivity index (χ4n) is 1.30. The fraction of sp³-hybridized carbons (Fsp3) is 0.364. The molecule has 14 heavy (non-hydrogen) atoms. The smallest absolute Gasteiger partial charge is 0.159 e. The van der Waals surface area contributed by atoms with Crippen LogP contribution in [0.3, 0.4) is 0 Å². The fourth-order valence-corrected chi connectivity index (χ4v) is 1.30. The van der Waals surface area contributed by atoms with Crippen LogP contribution in [0.5, 0.6) is 0 Å². The lowest BCUT2D eigenvalue weighted by molar-refractivity contribution is -0.125. The maximum Gasteiger partial charge on any atom is 0.159 e. The Kier molecular flexibility index (Phi) is 3.80. The lowest BCUT2D eigenvalue weighted by atomic mass is 10.0. The van der Waals surface area contributed by atoms with Gasteiger partial charge in [-0.15, -0.1) is 0 Å². The van der Waals surface area contributed by atoms with E-state index in [1.165, 1.54) is 6.92 Å². The summed E-state index contributed by atoms with van der Waals surface area (Å²) in [5.74, 6) is -0.284. The third kappa shape index (κ3) is 2.94. The van der Waals surface area contributed by atoms with Crippen molar-refractivity contribution in [3.63, 3.8) is 0 Å². The predicted octanol–water partition coefficient (Wildman–Crippen LogP) is 0.506. The van der Waals surface area contributed by atoms with E-state index in [9.17, 15) is 9.90 Å². The molecule has 3 heteroatoms. The van der Waals surface area contributed by atoms with Crippen LogP contribution in [-0.4, -0.2) is 23.0 Å². The summed E-state index contributed by atoms with van der Waals surface area (Å²) in [4.78, 5) is 10.8. The number of rotatable bonds is 4. The van der Waals surface area contributed by atoms with Crippen LogP contribution in [-0.2, 0) is 11.2 Å². The Balaban J connectivity index is 2.57. The molecule has 1 unspecified atom stereocenters. The largest absolute Gasteiger partial charge is 0.384 e. The summed E-state index contributed by atoms with van der Waals surface area (Å²) < 4.78 is 0. The normalized spacial score (nSPS) is 14.8. The standard InChI is InChI=1S/C11H15NO2/c1-8(13)11(14)10(12)7-9-5-3-2-4-6-9/h2-6,10-11,14H,7,12H2,1H3/t10-,11?/m0/s1. The molecular formula is C11H15NO2.